The van der Waals surface area contributed by atoms with Crippen LogP contribution in [0.4, 0.5) is 0 Å². The van der Waals surface area contributed by atoms with E-state index in [0.29, 0.717) is 25.9 Å². The van der Waals surface area contributed by atoms with E-state index in [9.17, 15) is 9.59 Å². The molecule has 2 atom stereocenters. The Balaban J connectivity index is 3.51. The third-order valence-corrected chi connectivity index (χ3v) is 2.87. The van der Waals surface area contributed by atoms with Crippen LogP contribution in [0.1, 0.15) is 59.3 Å². The highest BCUT2D eigenvalue weighted by molar-refractivity contribution is 5.70. The molecule has 0 aromatic rings. The molecule has 0 aromatic heterocycles. The summed E-state index contributed by atoms with van der Waals surface area (Å²) >= 11 is 0. The molecule has 0 saturated carbocycles. The summed E-state index contributed by atoms with van der Waals surface area (Å²) in [5, 5.41) is 9.06. The zero-order valence-corrected chi connectivity index (χ0v) is 14.0. The number of aliphatic hydroxyl groups is 1. The maximum Gasteiger partial charge on any atom is 0.305 e. The van der Waals surface area contributed by atoms with Crippen LogP contribution in [-0.2, 0) is 23.8 Å². The third kappa shape index (κ3) is 13.8. The SMILES string of the molecule is CCCCOC(=O)CCCCC(=O)OCC(C)OCC(C)O. The molecule has 1 N–H and O–H groups in total. The maximum absolute atomic E-state index is 11.5. The number of carbonyl (C=O) groups excluding carboxylic acids is 2. The van der Waals surface area contributed by atoms with Gasteiger partial charge in [0.25, 0.3) is 0 Å². The van der Waals surface area contributed by atoms with Crippen LogP contribution in [0.15, 0.2) is 0 Å². The van der Waals surface area contributed by atoms with Crippen molar-refractivity contribution in [3.05, 3.63) is 0 Å². The maximum atomic E-state index is 11.5. The summed E-state index contributed by atoms with van der Waals surface area (Å²) < 4.78 is 15.4. The number of carbonyl (C=O) groups is 2. The third-order valence-electron chi connectivity index (χ3n) is 2.87. The number of esters is 2. The normalized spacial score (nSPS) is 13.5. The highest BCUT2D eigenvalue weighted by atomic mass is 16.6. The summed E-state index contributed by atoms with van der Waals surface area (Å²) in [4.78, 5) is 22.8. The Morgan fingerprint density at radius 1 is 0.955 bits per heavy atom. The first-order valence-electron chi connectivity index (χ1n) is 8.06. The van der Waals surface area contributed by atoms with Crippen LogP contribution in [0, 0.1) is 0 Å². The van der Waals surface area contributed by atoms with Gasteiger partial charge < -0.3 is 19.3 Å². The molecule has 0 amide bonds. The van der Waals surface area contributed by atoms with Crippen LogP contribution in [0.2, 0.25) is 0 Å². The van der Waals surface area contributed by atoms with Gasteiger partial charge in [0, 0.05) is 12.8 Å². The minimum Gasteiger partial charge on any atom is -0.466 e. The van der Waals surface area contributed by atoms with Crippen molar-refractivity contribution >= 4 is 11.9 Å². The lowest BCUT2D eigenvalue weighted by atomic mass is 10.2. The van der Waals surface area contributed by atoms with Gasteiger partial charge in [0.05, 0.1) is 25.4 Å². The summed E-state index contributed by atoms with van der Waals surface area (Å²) in [7, 11) is 0. The molecule has 130 valence electrons. The molecular formula is C16H30O6. The lowest BCUT2D eigenvalue weighted by Gasteiger charge is -2.14. The number of unbranched alkanes of at least 4 members (excludes halogenated alkanes) is 2. The molecule has 0 aromatic carbocycles. The van der Waals surface area contributed by atoms with Crippen molar-refractivity contribution < 1.29 is 28.9 Å². The van der Waals surface area contributed by atoms with Gasteiger partial charge in [-0.2, -0.15) is 0 Å². The Labute approximate surface area is 133 Å². The molecule has 0 aliphatic carbocycles. The van der Waals surface area contributed by atoms with Crippen LogP contribution in [0.3, 0.4) is 0 Å². The van der Waals surface area contributed by atoms with Crippen LogP contribution in [0.25, 0.3) is 0 Å². The van der Waals surface area contributed by atoms with E-state index in [0.717, 1.165) is 12.8 Å². The Morgan fingerprint density at radius 3 is 2.09 bits per heavy atom. The standard InChI is InChI=1S/C16H30O6/c1-4-5-10-20-15(18)8-6-7-9-16(19)22-12-14(3)21-11-13(2)17/h13-14,17H,4-12H2,1-3H3. The minimum atomic E-state index is -0.532. The van der Waals surface area contributed by atoms with Gasteiger partial charge in [-0.15, -0.1) is 0 Å². The molecule has 0 heterocycles. The summed E-state index contributed by atoms with van der Waals surface area (Å²) in [5.41, 5.74) is 0. The molecule has 0 rings (SSSR count). The molecule has 0 bridgehead atoms. The van der Waals surface area contributed by atoms with E-state index in [1.807, 2.05) is 6.92 Å². The molecule has 0 aliphatic heterocycles. The van der Waals surface area contributed by atoms with Crippen LogP contribution in [0.5, 0.6) is 0 Å². The molecule has 6 heteroatoms. The Hall–Kier alpha value is -1.14. The van der Waals surface area contributed by atoms with E-state index in [1.54, 1.807) is 13.8 Å². The quantitative estimate of drug-likeness (QED) is 0.414. The van der Waals surface area contributed by atoms with Gasteiger partial charge in [0.15, 0.2) is 0 Å². The molecule has 22 heavy (non-hydrogen) atoms. The van der Waals surface area contributed by atoms with Crippen molar-refractivity contribution in [3.8, 4) is 0 Å². The van der Waals surface area contributed by atoms with E-state index >= 15 is 0 Å². The monoisotopic (exact) mass is 318 g/mol. The Kier molecular flexibility index (Phi) is 12.8. The molecule has 0 radical (unpaired) electrons. The molecule has 0 aliphatic rings. The lowest BCUT2D eigenvalue weighted by Crippen LogP contribution is -2.23. The van der Waals surface area contributed by atoms with Crippen molar-refractivity contribution in [2.75, 3.05) is 19.8 Å². The highest BCUT2D eigenvalue weighted by Crippen LogP contribution is 2.04. The predicted octanol–water partition coefficient (Wildman–Crippen LogP) is 2.22. The smallest absolute Gasteiger partial charge is 0.305 e. The van der Waals surface area contributed by atoms with Crippen LogP contribution in [-0.4, -0.2) is 49.1 Å². The first kappa shape index (κ1) is 20.9. The van der Waals surface area contributed by atoms with Crippen molar-refractivity contribution in [2.24, 2.45) is 0 Å². The molecular weight excluding hydrogens is 288 g/mol. The van der Waals surface area contributed by atoms with E-state index in [4.69, 9.17) is 19.3 Å². The second kappa shape index (κ2) is 13.5. The predicted molar refractivity (Wildman–Crippen MR) is 82.4 cm³/mol. The van der Waals surface area contributed by atoms with Gasteiger partial charge in [-0.05, 0) is 33.1 Å². The van der Waals surface area contributed by atoms with E-state index < -0.39 is 6.10 Å². The van der Waals surface area contributed by atoms with Crippen molar-refractivity contribution in [3.63, 3.8) is 0 Å². The highest BCUT2D eigenvalue weighted by Gasteiger charge is 2.09. The molecule has 2 unspecified atom stereocenters. The van der Waals surface area contributed by atoms with E-state index in [-0.39, 0.29) is 37.7 Å². The molecule has 6 nitrogen and oxygen atoms in total. The van der Waals surface area contributed by atoms with Crippen molar-refractivity contribution in [1.82, 2.24) is 0 Å². The van der Waals surface area contributed by atoms with Gasteiger partial charge in [-0.1, -0.05) is 13.3 Å². The minimum absolute atomic E-state index is 0.171. The fraction of sp³-hybridized carbons (Fsp3) is 0.875. The zero-order valence-electron chi connectivity index (χ0n) is 14.0. The molecule has 0 spiro atoms. The number of ether oxygens (including phenoxy) is 3. The Morgan fingerprint density at radius 2 is 1.55 bits per heavy atom. The van der Waals surface area contributed by atoms with Crippen LogP contribution >= 0.6 is 0 Å². The molecule has 0 fully saturated rings. The fourth-order valence-corrected chi connectivity index (χ4v) is 1.58. The summed E-state index contributed by atoms with van der Waals surface area (Å²) in [6.45, 7) is 6.31. The number of rotatable bonds is 13. The average molecular weight is 318 g/mol. The topological polar surface area (TPSA) is 82.1 Å². The van der Waals surface area contributed by atoms with Gasteiger partial charge in [0.1, 0.15) is 6.61 Å². The Bertz CT molecular complexity index is 303. The first-order valence-corrected chi connectivity index (χ1v) is 8.06. The van der Waals surface area contributed by atoms with E-state index in [1.165, 1.54) is 0 Å². The summed E-state index contributed by atoms with van der Waals surface area (Å²) in [6.07, 6.45) is 2.95. The number of hydrogen-bond acceptors (Lipinski definition) is 6. The summed E-state index contributed by atoms with van der Waals surface area (Å²) in [5.74, 6) is -0.506. The second-order valence-electron chi connectivity index (χ2n) is 5.46. The lowest BCUT2D eigenvalue weighted by molar-refractivity contribution is -0.149. The summed E-state index contributed by atoms with van der Waals surface area (Å²) in [6, 6.07) is 0. The van der Waals surface area contributed by atoms with Crippen LogP contribution < -0.4 is 0 Å². The molecule has 0 saturated heterocycles. The van der Waals surface area contributed by atoms with Gasteiger partial charge in [0.2, 0.25) is 0 Å². The van der Waals surface area contributed by atoms with Gasteiger partial charge in [-0.3, -0.25) is 9.59 Å². The number of aliphatic hydroxyl groups excluding tert-OH is 1. The van der Waals surface area contributed by atoms with Crippen molar-refractivity contribution in [2.45, 2.75) is 71.5 Å². The second-order valence-corrected chi connectivity index (χ2v) is 5.46. The largest absolute Gasteiger partial charge is 0.466 e. The van der Waals surface area contributed by atoms with Crippen molar-refractivity contribution in [1.29, 1.82) is 0 Å². The fourth-order valence-electron chi connectivity index (χ4n) is 1.58. The van der Waals surface area contributed by atoms with E-state index in [2.05, 4.69) is 0 Å². The first-order chi connectivity index (χ1) is 10.5. The van der Waals surface area contributed by atoms with Gasteiger partial charge in [-0.25, -0.2) is 0 Å². The zero-order chi connectivity index (χ0) is 16.8. The van der Waals surface area contributed by atoms with Gasteiger partial charge >= 0.3 is 11.9 Å². The number of hydrogen-bond donors (Lipinski definition) is 1. The average Bonchev–Trinajstić information content (AvgIpc) is 2.47.